The first-order valence-electron chi connectivity index (χ1n) is 7.55. The van der Waals surface area contributed by atoms with Crippen LogP contribution in [0.1, 0.15) is 43.0 Å². The minimum absolute atomic E-state index is 0.229. The average Bonchev–Trinajstić information content (AvgIpc) is 2.47. The first-order chi connectivity index (χ1) is 10.1. The van der Waals surface area contributed by atoms with E-state index in [2.05, 4.69) is 33.1 Å². The highest BCUT2D eigenvalue weighted by atomic mass is 79.9. The molecule has 0 saturated carbocycles. The SMILES string of the molecule is C[C@H]1CCCCN1CCCNC(=O)c1cc(F)ccc1Br. The summed E-state index contributed by atoms with van der Waals surface area (Å²) in [4.78, 5) is 14.5. The lowest BCUT2D eigenvalue weighted by Gasteiger charge is -2.33. The molecule has 1 aromatic rings. The van der Waals surface area contributed by atoms with Crippen LogP contribution in [0.5, 0.6) is 0 Å². The molecule has 21 heavy (non-hydrogen) atoms. The summed E-state index contributed by atoms with van der Waals surface area (Å²) in [5.41, 5.74) is 0.348. The molecule has 0 bridgehead atoms. The number of amides is 1. The quantitative estimate of drug-likeness (QED) is 0.817. The van der Waals surface area contributed by atoms with Crippen LogP contribution >= 0.6 is 15.9 Å². The van der Waals surface area contributed by atoms with Crippen LogP contribution in [0.4, 0.5) is 4.39 Å². The maximum absolute atomic E-state index is 13.2. The standard InChI is InChI=1S/C16H22BrFN2O/c1-12-5-2-3-9-20(12)10-4-8-19-16(21)14-11-13(18)6-7-15(14)17/h6-7,11-12H,2-5,8-10H2,1H3,(H,19,21)/t12-/m0/s1. The second kappa shape index (κ2) is 7.90. The number of nitrogens with zero attached hydrogens (tertiary/aromatic N) is 1. The van der Waals surface area contributed by atoms with Crippen molar-refractivity contribution in [3.63, 3.8) is 0 Å². The largest absolute Gasteiger partial charge is 0.352 e. The number of nitrogens with one attached hydrogen (secondary N) is 1. The van der Waals surface area contributed by atoms with Crippen molar-refractivity contribution in [3.05, 3.63) is 34.1 Å². The van der Waals surface area contributed by atoms with Crippen molar-refractivity contribution < 1.29 is 9.18 Å². The fourth-order valence-corrected chi connectivity index (χ4v) is 3.17. The molecule has 0 radical (unpaired) electrons. The fraction of sp³-hybridized carbons (Fsp3) is 0.562. The number of rotatable bonds is 5. The number of hydrogen-bond donors (Lipinski definition) is 1. The summed E-state index contributed by atoms with van der Waals surface area (Å²) in [6.07, 6.45) is 4.78. The summed E-state index contributed by atoms with van der Waals surface area (Å²) < 4.78 is 13.8. The van der Waals surface area contributed by atoms with Gasteiger partial charge >= 0.3 is 0 Å². The summed E-state index contributed by atoms with van der Waals surface area (Å²) in [6.45, 7) is 5.04. The second-order valence-electron chi connectivity index (χ2n) is 5.61. The molecular weight excluding hydrogens is 335 g/mol. The molecule has 0 unspecified atom stereocenters. The Balaban J connectivity index is 1.75. The Bertz CT molecular complexity index is 495. The van der Waals surface area contributed by atoms with Crippen LogP contribution in [0, 0.1) is 5.82 Å². The van der Waals surface area contributed by atoms with Gasteiger partial charge in [-0.2, -0.15) is 0 Å². The lowest BCUT2D eigenvalue weighted by atomic mass is 10.0. The minimum atomic E-state index is -0.398. The van der Waals surface area contributed by atoms with Crippen LogP contribution in [-0.2, 0) is 0 Å². The van der Waals surface area contributed by atoms with Gasteiger partial charge in [0.25, 0.3) is 5.91 Å². The molecular formula is C16H22BrFN2O. The van der Waals surface area contributed by atoms with Crippen molar-refractivity contribution >= 4 is 21.8 Å². The number of hydrogen-bond acceptors (Lipinski definition) is 2. The Morgan fingerprint density at radius 2 is 2.29 bits per heavy atom. The molecule has 1 aliphatic rings. The van der Waals surface area contributed by atoms with Crippen molar-refractivity contribution in [2.45, 2.75) is 38.6 Å². The molecule has 116 valence electrons. The number of carbonyl (C=O) groups is 1. The van der Waals surface area contributed by atoms with Gasteiger partial charge in [0.15, 0.2) is 0 Å². The van der Waals surface area contributed by atoms with Crippen LogP contribution in [0.3, 0.4) is 0 Å². The molecule has 5 heteroatoms. The van der Waals surface area contributed by atoms with Gasteiger partial charge in [-0.05, 0) is 66.9 Å². The third-order valence-corrected chi connectivity index (χ3v) is 4.71. The molecule has 1 aliphatic heterocycles. The van der Waals surface area contributed by atoms with E-state index >= 15 is 0 Å². The Labute approximate surface area is 134 Å². The van der Waals surface area contributed by atoms with E-state index in [1.54, 1.807) is 6.07 Å². The number of carbonyl (C=O) groups excluding carboxylic acids is 1. The molecule has 1 heterocycles. The van der Waals surface area contributed by atoms with Crippen molar-refractivity contribution in [2.75, 3.05) is 19.6 Å². The topological polar surface area (TPSA) is 32.3 Å². The second-order valence-corrected chi connectivity index (χ2v) is 6.47. The van der Waals surface area contributed by atoms with Crippen molar-refractivity contribution in [1.29, 1.82) is 0 Å². The van der Waals surface area contributed by atoms with E-state index in [0.29, 0.717) is 22.6 Å². The van der Waals surface area contributed by atoms with Crippen LogP contribution in [0.25, 0.3) is 0 Å². The maximum atomic E-state index is 13.2. The first kappa shape index (κ1) is 16.4. The van der Waals surface area contributed by atoms with Gasteiger partial charge in [0.05, 0.1) is 5.56 Å². The number of piperidine rings is 1. The van der Waals surface area contributed by atoms with Gasteiger partial charge in [0.2, 0.25) is 0 Å². The molecule has 0 aliphatic carbocycles. The molecule has 0 spiro atoms. The Morgan fingerprint density at radius 1 is 1.48 bits per heavy atom. The van der Waals surface area contributed by atoms with Gasteiger partial charge in [-0.15, -0.1) is 0 Å². The first-order valence-corrected chi connectivity index (χ1v) is 8.34. The zero-order valence-electron chi connectivity index (χ0n) is 12.4. The van der Waals surface area contributed by atoms with Crippen LogP contribution in [0.2, 0.25) is 0 Å². The molecule has 3 nitrogen and oxygen atoms in total. The average molecular weight is 357 g/mol. The van der Waals surface area contributed by atoms with Gasteiger partial charge in [0, 0.05) is 23.6 Å². The van der Waals surface area contributed by atoms with Gasteiger partial charge in [-0.3, -0.25) is 4.79 Å². The third kappa shape index (κ3) is 4.78. The molecule has 1 amide bonds. The number of benzene rings is 1. The van der Waals surface area contributed by atoms with Crippen LogP contribution in [0.15, 0.2) is 22.7 Å². The molecule has 1 aromatic carbocycles. The van der Waals surface area contributed by atoms with Gasteiger partial charge in [-0.25, -0.2) is 4.39 Å². The summed E-state index contributed by atoms with van der Waals surface area (Å²) in [5.74, 6) is -0.626. The predicted molar refractivity (Wildman–Crippen MR) is 85.9 cm³/mol. The zero-order chi connectivity index (χ0) is 15.2. The van der Waals surface area contributed by atoms with E-state index in [-0.39, 0.29) is 5.91 Å². The summed E-state index contributed by atoms with van der Waals surface area (Å²) >= 11 is 3.27. The zero-order valence-corrected chi connectivity index (χ0v) is 14.0. The van der Waals surface area contributed by atoms with E-state index in [9.17, 15) is 9.18 Å². The maximum Gasteiger partial charge on any atom is 0.252 e. The van der Waals surface area contributed by atoms with Gasteiger partial charge in [0.1, 0.15) is 5.82 Å². The van der Waals surface area contributed by atoms with Crippen LogP contribution in [-0.4, -0.2) is 36.5 Å². The number of likely N-dealkylation sites (tertiary alicyclic amines) is 1. The Kier molecular flexibility index (Phi) is 6.18. The predicted octanol–water partition coefficient (Wildman–Crippen LogP) is 3.58. The highest BCUT2D eigenvalue weighted by Crippen LogP contribution is 2.18. The molecule has 1 fully saturated rings. The Hall–Kier alpha value is -0.940. The van der Waals surface area contributed by atoms with E-state index in [1.165, 1.54) is 31.4 Å². The summed E-state index contributed by atoms with van der Waals surface area (Å²) in [5, 5.41) is 2.86. The Morgan fingerprint density at radius 3 is 3.05 bits per heavy atom. The molecule has 0 aromatic heterocycles. The van der Waals surface area contributed by atoms with Gasteiger partial charge in [-0.1, -0.05) is 6.42 Å². The molecule has 1 saturated heterocycles. The van der Waals surface area contributed by atoms with E-state index in [4.69, 9.17) is 0 Å². The highest BCUT2D eigenvalue weighted by Gasteiger charge is 2.17. The van der Waals surface area contributed by atoms with Crippen LogP contribution < -0.4 is 5.32 Å². The highest BCUT2D eigenvalue weighted by molar-refractivity contribution is 9.10. The fourth-order valence-electron chi connectivity index (χ4n) is 2.74. The van der Waals surface area contributed by atoms with E-state index in [0.717, 1.165) is 19.5 Å². The van der Waals surface area contributed by atoms with Crippen molar-refractivity contribution in [2.24, 2.45) is 0 Å². The smallest absolute Gasteiger partial charge is 0.252 e. The summed E-state index contributed by atoms with van der Waals surface area (Å²) in [6, 6.07) is 4.79. The molecule has 2 rings (SSSR count). The number of halogens is 2. The van der Waals surface area contributed by atoms with E-state index < -0.39 is 5.82 Å². The normalized spacial score (nSPS) is 19.5. The summed E-state index contributed by atoms with van der Waals surface area (Å²) in [7, 11) is 0. The minimum Gasteiger partial charge on any atom is -0.352 e. The monoisotopic (exact) mass is 356 g/mol. The lowest BCUT2D eigenvalue weighted by Crippen LogP contribution is -2.39. The van der Waals surface area contributed by atoms with E-state index in [1.807, 2.05) is 0 Å². The third-order valence-electron chi connectivity index (χ3n) is 4.02. The lowest BCUT2D eigenvalue weighted by molar-refractivity contribution is 0.0947. The van der Waals surface area contributed by atoms with Crippen molar-refractivity contribution in [3.8, 4) is 0 Å². The molecule has 1 N–H and O–H groups in total. The van der Waals surface area contributed by atoms with Crippen molar-refractivity contribution in [1.82, 2.24) is 10.2 Å². The van der Waals surface area contributed by atoms with Gasteiger partial charge < -0.3 is 10.2 Å². The molecule has 1 atom stereocenters.